The molecule has 2 fully saturated rings. The van der Waals surface area contributed by atoms with Gasteiger partial charge in [0.25, 0.3) is 0 Å². The van der Waals surface area contributed by atoms with E-state index in [0.717, 1.165) is 17.0 Å². The number of nitrogens with zero attached hydrogens (tertiary/aromatic N) is 2. The molecule has 1 aromatic rings. The van der Waals surface area contributed by atoms with Crippen LogP contribution < -0.4 is 15.1 Å². The number of hydrogen-bond donors (Lipinski definition) is 1. The zero-order valence-electron chi connectivity index (χ0n) is 18.4. The van der Waals surface area contributed by atoms with Gasteiger partial charge in [-0.1, -0.05) is 0 Å². The van der Waals surface area contributed by atoms with Crippen molar-refractivity contribution in [3.8, 4) is 0 Å². The Morgan fingerprint density at radius 1 is 1.26 bits per heavy atom. The second kappa shape index (κ2) is 8.86. The summed E-state index contributed by atoms with van der Waals surface area (Å²) >= 11 is 0. The first-order valence-electron chi connectivity index (χ1n) is 10.3. The lowest BCUT2D eigenvalue weighted by atomic mass is 10.1. The molecule has 2 amide bonds. The van der Waals surface area contributed by atoms with Gasteiger partial charge in [-0.05, 0) is 34.6 Å². The molecule has 2 aliphatic rings. The number of rotatable bonds is 6. The molecule has 31 heavy (non-hydrogen) atoms. The Balaban J connectivity index is 1.65. The summed E-state index contributed by atoms with van der Waals surface area (Å²) in [6.45, 7) is 10.1. The SMILES string of the molecule is CCOC1CN(c2c(F)cc(N3C[C@@H](C(C)NC(=O)OC(C)(C)C)OC3=O)cc2F)C1. The molecule has 172 valence electrons. The van der Waals surface area contributed by atoms with Crippen LogP contribution >= 0.6 is 0 Å². The van der Waals surface area contributed by atoms with E-state index in [1.54, 1.807) is 32.6 Å². The number of amides is 2. The highest BCUT2D eigenvalue weighted by Gasteiger charge is 2.38. The van der Waals surface area contributed by atoms with E-state index in [2.05, 4.69) is 5.32 Å². The van der Waals surface area contributed by atoms with E-state index in [0.29, 0.717) is 19.7 Å². The summed E-state index contributed by atoms with van der Waals surface area (Å²) in [5.41, 5.74) is -0.751. The topological polar surface area (TPSA) is 80.3 Å². The van der Waals surface area contributed by atoms with Crippen LogP contribution in [0.1, 0.15) is 34.6 Å². The van der Waals surface area contributed by atoms with Gasteiger partial charge >= 0.3 is 12.2 Å². The third-order valence-electron chi connectivity index (χ3n) is 5.02. The van der Waals surface area contributed by atoms with Gasteiger partial charge < -0.3 is 24.4 Å². The Bertz CT molecular complexity index is 816. The van der Waals surface area contributed by atoms with Crippen LogP contribution in [0, 0.1) is 11.6 Å². The molecule has 1 N–H and O–H groups in total. The number of hydrogen-bond acceptors (Lipinski definition) is 6. The first-order chi connectivity index (χ1) is 14.5. The second-order valence-corrected chi connectivity index (χ2v) is 8.71. The van der Waals surface area contributed by atoms with Crippen molar-refractivity contribution >= 4 is 23.6 Å². The van der Waals surface area contributed by atoms with Gasteiger partial charge in [0.2, 0.25) is 0 Å². The van der Waals surface area contributed by atoms with Crippen LogP contribution in [0.5, 0.6) is 0 Å². The summed E-state index contributed by atoms with van der Waals surface area (Å²) in [6.07, 6.45) is -2.13. The quantitative estimate of drug-likeness (QED) is 0.729. The third-order valence-corrected chi connectivity index (χ3v) is 5.02. The van der Waals surface area contributed by atoms with E-state index < -0.39 is 41.6 Å². The molecule has 2 saturated heterocycles. The van der Waals surface area contributed by atoms with Crippen molar-refractivity contribution < 1.29 is 32.6 Å². The maximum absolute atomic E-state index is 14.7. The number of carbonyl (C=O) groups excluding carboxylic acids is 2. The predicted octanol–water partition coefficient (Wildman–Crippen LogP) is 3.43. The molecule has 8 nitrogen and oxygen atoms in total. The van der Waals surface area contributed by atoms with Crippen LogP contribution in [0.3, 0.4) is 0 Å². The second-order valence-electron chi connectivity index (χ2n) is 8.71. The van der Waals surface area contributed by atoms with E-state index >= 15 is 0 Å². The fourth-order valence-corrected chi connectivity index (χ4v) is 3.51. The summed E-state index contributed by atoms with van der Waals surface area (Å²) in [6, 6.07) is 1.67. The van der Waals surface area contributed by atoms with Crippen LogP contribution in [0.15, 0.2) is 12.1 Å². The van der Waals surface area contributed by atoms with Crippen LogP contribution in [0.25, 0.3) is 0 Å². The summed E-state index contributed by atoms with van der Waals surface area (Å²) in [5, 5.41) is 2.62. The number of cyclic esters (lactones) is 1. The maximum Gasteiger partial charge on any atom is 0.414 e. The first kappa shape index (κ1) is 23.1. The van der Waals surface area contributed by atoms with Gasteiger partial charge in [0.1, 0.15) is 17.4 Å². The molecule has 0 saturated carbocycles. The van der Waals surface area contributed by atoms with Gasteiger partial charge in [-0.15, -0.1) is 0 Å². The Morgan fingerprint density at radius 3 is 2.42 bits per heavy atom. The summed E-state index contributed by atoms with van der Waals surface area (Å²) in [5.74, 6) is -1.53. The highest BCUT2D eigenvalue weighted by atomic mass is 19.1. The van der Waals surface area contributed by atoms with E-state index in [1.807, 2.05) is 6.92 Å². The van der Waals surface area contributed by atoms with Gasteiger partial charge in [0, 0.05) is 31.8 Å². The minimum Gasteiger partial charge on any atom is -0.444 e. The van der Waals surface area contributed by atoms with E-state index in [-0.39, 0.29) is 24.0 Å². The molecular weight excluding hydrogens is 412 g/mol. The highest BCUT2D eigenvalue weighted by Crippen LogP contribution is 2.33. The fraction of sp³-hybridized carbons (Fsp3) is 0.619. The van der Waals surface area contributed by atoms with Crippen molar-refractivity contribution in [3.05, 3.63) is 23.8 Å². The van der Waals surface area contributed by atoms with Gasteiger partial charge in [0.05, 0.1) is 24.4 Å². The molecule has 0 radical (unpaired) electrons. The Kier molecular flexibility index (Phi) is 6.59. The first-order valence-corrected chi connectivity index (χ1v) is 10.3. The normalized spacial score (nSPS) is 20.4. The summed E-state index contributed by atoms with van der Waals surface area (Å²) in [7, 11) is 0. The Hall–Kier alpha value is -2.62. The number of anilines is 2. The molecule has 0 spiro atoms. The lowest BCUT2D eigenvalue weighted by molar-refractivity contribution is 0.0424. The van der Waals surface area contributed by atoms with Crippen LogP contribution in [0.4, 0.5) is 29.7 Å². The standard InChI is InChI=1S/C21H29F2N3O5/c1-6-29-14-9-25(10-14)18-15(22)7-13(8-16(18)23)26-11-17(30-20(26)28)12(2)24-19(27)31-21(3,4)5/h7-8,12,14,17H,6,9-11H2,1-5H3,(H,24,27)/t12?,17-/m0/s1. The molecule has 3 rings (SSSR count). The van der Waals surface area contributed by atoms with Crippen molar-refractivity contribution in [3.63, 3.8) is 0 Å². The van der Waals surface area contributed by atoms with E-state index in [4.69, 9.17) is 14.2 Å². The molecule has 10 heteroatoms. The molecular formula is C21H29F2N3O5. The zero-order chi connectivity index (χ0) is 22.9. The predicted molar refractivity (Wildman–Crippen MR) is 110 cm³/mol. The lowest BCUT2D eigenvalue weighted by Gasteiger charge is -2.40. The van der Waals surface area contributed by atoms with Gasteiger partial charge in [-0.25, -0.2) is 18.4 Å². The van der Waals surface area contributed by atoms with E-state index in [1.165, 1.54) is 0 Å². The van der Waals surface area contributed by atoms with Gasteiger partial charge in [0.15, 0.2) is 11.6 Å². The minimum absolute atomic E-state index is 0.0319. The number of ether oxygens (including phenoxy) is 3. The minimum atomic E-state index is -0.763. The van der Waals surface area contributed by atoms with Crippen LogP contribution in [0.2, 0.25) is 0 Å². The largest absolute Gasteiger partial charge is 0.444 e. The smallest absolute Gasteiger partial charge is 0.414 e. The van der Waals surface area contributed by atoms with Crippen molar-refractivity contribution in [2.75, 3.05) is 36.0 Å². The van der Waals surface area contributed by atoms with Gasteiger partial charge in [-0.2, -0.15) is 0 Å². The fourth-order valence-electron chi connectivity index (χ4n) is 3.51. The maximum atomic E-state index is 14.7. The molecule has 2 aliphatic heterocycles. The summed E-state index contributed by atoms with van der Waals surface area (Å²) < 4.78 is 45.3. The average Bonchev–Trinajstić information content (AvgIpc) is 2.99. The molecule has 1 aromatic carbocycles. The monoisotopic (exact) mass is 441 g/mol. The lowest BCUT2D eigenvalue weighted by Crippen LogP contribution is -2.53. The molecule has 2 atom stereocenters. The molecule has 2 heterocycles. The van der Waals surface area contributed by atoms with Crippen molar-refractivity contribution in [2.24, 2.45) is 0 Å². The van der Waals surface area contributed by atoms with Crippen molar-refractivity contribution in [2.45, 2.75) is 58.5 Å². The van der Waals surface area contributed by atoms with E-state index in [9.17, 15) is 18.4 Å². The molecule has 0 aromatic heterocycles. The summed E-state index contributed by atoms with van der Waals surface area (Å²) in [4.78, 5) is 27.0. The van der Waals surface area contributed by atoms with Crippen molar-refractivity contribution in [1.82, 2.24) is 5.32 Å². The molecule has 1 unspecified atom stereocenters. The molecule has 0 bridgehead atoms. The number of halogens is 2. The average molecular weight is 441 g/mol. The van der Waals surface area contributed by atoms with Crippen LogP contribution in [-0.2, 0) is 14.2 Å². The molecule has 0 aliphatic carbocycles. The zero-order valence-corrected chi connectivity index (χ0v) is 18.4. The number of nitrogens with one attached hydrogen (secondary N) is 1. The number of benzene rings is 1. The number of carbonyl (C=O) groups is 2. The third kappa shape index (κ3) is 5.36. The van der Waals surface area contributed by atoms with Crippen LogP contribution in [-0.4, -0.2) is 62.3 Å². The number of alkyl carbamates (subject to hydrolysis) is 1. The Labute approximate surface area is 180 Å². The Morgan fingerprint density at radius 2 is 1.87 bits per heavy atom. The highest BCUT2D eigenvalue weighted by molar-refractivity contribution is 5.90. The van der Waals surface area contributed by atoms with Crippen molar-refractivity contribution in [1.29, 1.82) is 0 Å². The van der Waals surface area contributed by atoms with Gasteiger partial charge in [-0.3, -0.25) is 4.90 Å².